The molecule has 1 fully saturated rings. The highest BCUT2D eigenvalue weighted by Gasteiger charge is 2.57. The van der Waals surface area contributed by atoms with Crippen LogP contribution in [0.2, 0.25) is 0 Å². The number of benzene rings is 2. The van der Waals surface area contributed by atoms with E-state index >= 15 is 0 Å². The highest BCUT2D eigenvalue weighted by atomic mass is 32.2. The second kappa shape index (κ2) is 5.74. The van der Waals surface area contributed by atoms with Crippen molar-refractivity contribution in [1.29, 1.82) is 0 Å². The van der Waals surface area contributed by atoms with Crippen molar-refractivity contribution in [3.05, 3.63) is 59.2 Å². The van der Waals surface area contributed by atoms with Gasteiger partial charge in [0.1, 0.15) is 5.75 Å². The molecule has 0 radical (unpaired) electrons. The Morgan fingerprint density at radius 2 is 1.81 bits per heavy atom. The number of hydrogen-bond donors (Lipinski definition) is 0. The van der Waals surface area contributed by atoms with Gasteiger partial charge in [0.15, 0.2) is 6.61 Å². The monoisotopic (exact) mass is 373 g/mol. The van der Waals surface area contributed by atoms with Crippen LogP contribution < -0.4 is 4.74 Å². The highest BCUT2D eigenvalue weighted by Crippen LogP contribution is 2.42. The number of aryl methyl sites for hydroxylation is 3. The van der Waals surface area contributed by atoms with E-state index in [1.165, 1.54) is 12.1 Å². The van der Waals surface area contributed by atoms with Crippen LogP contribution in [-0.4, -0.2) is 31.1 Å². The molecular formula is C19H19NO5S. The zero-order valence-corrected chi connectivity index (χ0v) is 15.4. The molecule has 2 aromatic rings. The lowest BCUT2D eigenvalue weighted by atomic mass is 9.96. The van der Waals surface area contributed by atoms with Crippen LogP contribution in [0.3, 0.4) is 0 Å². The van der Waals surface area contributed by atoms with E-state index in [-0.39, 0.29) is 11.5 Å². The molecule has 2 heterocycles. The number of cyclic esters (lactones) is 1. The molecule has 136 valence electrons. The first-order chi connectivity index (χ1) is 12.3. The van der Waals surface area contributed by atoms with E-state index in [1.54, 1.807) is 12.1 Å². The lowest BCUT2D eigenvalue weighted by molar-refractivity contribution is -0.0199. The smallest absolute Gasteiger partial charge is 0.427 e. The van der Waals surface area contributed by atoms with Crippen LogP contribution in [0.4, 0.5) is 4.79 Å². The third-order valence-corrected chi connectivity index (χ3v) is 6.72. The molecule has 7 heteroatoms. The molecule has 2 aliphatic heterocycles. The van der Waals surface area contributed by atoms with Gasteiger partial charge in [0.05, 0.1) is 4.90 Å². The van der Waals surface area contributed by atoms with Crippen LogP contribution in [-0.2, 0) is 21.2 Å². The number of carbonyl (C=O) groups excluding carboxylic acids is 1. The van der Waals surface area contributed by atoms with E-state index in [2.05, 4.69) is 0 Å². The van der Waals surface area contributed by atoms with Gasteiger partial charge in [-0.2, -0.15) is 4.31 Å². The Kier molecular flexibility index (Phi) is 3.73. The third-order valence-electron chi connectivity index (χ3n) is 4.89. The van der Waals surface area contributed by atoms with Gasteiger partial charge in [0.2, 0.25) is 5.72 Å². The maximum atomic E-state index is 13.2. The van der Waals surface area contributed by atoms with E-state index in [9.17, 15) is 13.2 Å². The molecule has 0 aromatic heterocycles. The molecule has 2 aliphatic rings. The van der Waals surface area contributed by atoms with Crippen LogP contribution in [0.15, 0.2) is 47.4 Å². The number of hydrogen-bond acceptors (Lipinski definition) is 5. The van der Waals surface area contributed by atoms with Crippen molar-refractivity contribution in [3.63, 3.8) is 0 Å². The van der Waals surface area contributed by atoms with Crippen LogP contribution >= 0.6 is 0 Å². The number of fused-ring (bicyclic) bond motifs is 1. The molecular weight excluding hydrogens is 354 g/mol. The van der Waals surface area contributed by atoms with E-state index in [1.807, 2.05) is 32.0 Å². The second-order valence-corrected chi connectivity index (χ2v) is 8.54. The molecule has 26 heavy (non-hydrogen) atoms. The summed E-state index contributed by atoms with van der Waals surface area (Å²) < 4.78 is 38.4. The van der Waals surface area contributed by atoms with Crippen LogP contribution in [0.5, 0.6) is 5.75 Å². The van der Waals surface area contributed by atoms with Crippen molar-refractivity contribution >= 4 is 16.1 Å². The minimum atomic E-state index is -4.09. The van der Waals surface area contributed by atoms with Crippen molar-refractivity contribution in [2.45, 2.75) is 37.3 Å². The van der Waals surface area contributed by atoms with Crippen molar-refractivity contribution < 1.29 is 22.7 Å². The summed E-state index contributed by atoms with van der Waals surface area (Å²) in [5.74, 6) is 0.626. The Morgan fingerprint density at radius 3 is 2.54 bits per heavy atom. The van der Waals surface area contributed by atoms with E-state index in [0.717, 1.165) is 21.0 Å². The molecule has 1 atom stereocenters. The lowest BCUT2D eigenvalue weighted by Gasteiger charge is -2.39. The van der Waals surface area contributed by atoms with E-state index in [4.69, 9.17) is 9.47 Å². The van der Waals surface area contributed by atoms with E-state index < -0.39 is 21.8 Å². The normalized spacial score (nSPS) is 22.1. The van der Waals surface area contributed by atoms with Crippen molar-refractivity contribution in [2.75, 3.05) is 6.61 Å². The molecule has 0 aliphatic carbocycles. The first-order valence-electron chi connectivity index (χ1n) is 8.40. The first-order valence-corrected chi connectivity index (χ1v) is 9.84. The molecule has 1 amide bonds. The predicted molar refractivity (Wildman–Crippen MR) is 94.4 cm³/mol. The Morgan fingerprint density at radius 1 is 1.08 bits per heavy atom. The van der Waals surface area contributed by atoms with Crippen molar-refractivity contribution in [2.24, 2.45) is 0 Å². The Bertz CT molecular complexity index is 983. The zero-order valence-electron chi connectivity index (χ0n) is 14.6. The van der Waals surface area contributed by atoms with E-state index in [0.29, 0.717) is 18.6 Å². The highest BCUT2D eigenvalue weighted by molar-refractivity contribution is 7.89. The molecule has 0 bridgehead atoms. The zero-order chi connectivity index (χ0) is 18.5. The molecule has 0 N–H and O–H groups in total. The van der Waals surface area contributed by atoms with Crippen LogP contribution in [0.25, 0.3) is 0 Å². The Hall–Kier alpha value is -2.54. The fraction of sp³-hybridized carbons (Fsp3) is 0.316. The summed E-state index contributed by atoms with van der Waals surface area (Å²) in [5.41, 5.74) is 1.48. The van der Waals surface area contributed by atoms with Gasteiger partial charge in [-0.1, -0.05) is 35.9 Å². The van der Waals surface area contributed by atoms with Crippen LogP contribution in [0.1, 0.15) is 23.1 Å². The fourth-order valence-corrected chi connectivity index (χ4v) is 5.02. The van der Waals surface area contributed by atoms with Gasteiger partial charge < -0.3 is 9.47 Å². The standard InChI is InChI=1S/C19H19NO5S/c1-13-6-8-16(9-7-13)26(22,23)20-18(21)24-12-19(20)11-10-15-5-3-4-14(2)17(15)25-19/h3-9H,10-12H2,1-2H3. The Labute approximate surface area is 152 Å². The SMILES string of the molecule is Cc1ccc(S(=O)(=O)N2C(=O)OCC23CCc2cccc(C)c2O3)cc1. The predicted octanol–water partition coefficient (Wildman–Crippen LogP) is 3.17. The number of rotatable bonds is 2. The molecule has 2 aromatic carbocycles. The van der Waals surface area contributed by atoms with Gasteiger partial charge in [-0.05, 0) is 43.5 Å². The number of nitrogens with zero attached hydrogens (tertiary/aromatic N) is 1. The maximum absolute atomic E-state index is 13.2. The number of sulfonamides is 1. The average Bonchev–Trinajstić information content (AvgIpc) is 2.93. The molecule has 6 nitrogen and oxygen atoms in total. The summed E-state index contributed by atoms with van der Waals surface area (Å²) >= 11 is 0. The minimum Gasteiger partial charge on any atom is -0.462 e. The summed E-state index contributed by atoms with van der Waals surface area (Å²) in [6.07, 6.45) is 0.0519. The Balaban J connectivity index is 1.79. The van der Waals surface area contributed by atoms with Gasteiger partial charge in [0, 0.05) is 6.42 Å². The molecule has 4 rings (SSSR count). The number of ether oxygens (including phenoxy) is 2. The van der Waals surface area contributed by atoms with Crippen LogP contribution in [0, 0.1) is 13.8 Å². The number of carbonyl (C=O) groups is 1. The van der Waals surface area contributed by atoms with Crippen molar-refractivity contribution in [1.82, 2.24) is 4.31 Å². The summed E-state index contributed by atoms with van der Waals surface area (Å²) in [5, 5.41) is 0. The average molecular weight is 373 g/mol. The largest absolute Gasteiger partial charge is 0.462 e. The number of para-hydroxylation sites is 1. The summed E-state index contributed by atoms with van der Waals surface area (Å²) in [7, 11) is -4.09. The summed E-state index contributed by atoms with van der Waals surface area (Å²) in [6.45, 7) is 3.64. The fourth-order valence-electron chi connectivity index (χ4n) is 3.46. The number of amides is 1. The summed E-state index contributed by atoms with van der Waals surface area (Å²) in [6, 6.07) is 12.2. The molecule has 1 spiro atoms. The maximum Gasteiger partial charge on any atom is 0.427 e. The molecule has 1 saturated heterocycles. The van der Waals surface area contributed by atoms with Gasteiger partial charge in [0.25, 0.3) is 10.0 Å². The van der Waals surface area contributed by atoms with Crippen molar-refractivity contribution in [3.8, 4) is 5.75 Å². The second-order valence-electron chi connectivity index (χ2n) is 6.75. The van der Waals surface area contributed by atoms with Gasteiger partial charge in [-0.25, -0.2) is 13.2 Å². The molecule has 0 saturated carbocycles. The minimum absolute atomic E-state index is 0.0421. The van der Waals surface area contributed by atoms with Gasteiger partial charge in [-0.15, -0.1) is 0 Å². The third kappa shape index (κ3) is 2.46. The first kappa shape index (κ1) is 16.9. The van der Waals surface area contributed by atoms with Gasteiger partial charge >= 0.3 is 6.09 Å². The molecule has 1 unspecified atom stereocenters. The van der Waals surface area contributed by atoms with Gasteiger partial charge in [-0.3, -0.25) is 0 Å². The topological polar surface area (TPSA) is 72.9 Å². The lowest BCUT2D eigenvalue weighted by Crippen LogP contribution is -2.56. The quantitative estimate of drug-likeness (QED) is 0.808. The summed E-state index contributed by atoms with van der Waals surface area (Å²) in [4.78, 5) is 12.4.